The molecule has 2 rings (SSSR count). The van der Waals surface area contributed by atoms with Gasteiger partial charge < -0.3 is 16.4 Å². The number of nitrogens with zero attached hydrogens (tertiary/aromatic N) is 1. The maximum Gasteiger partial charge on any atom is 0.250 e. The highest BCUT2D eigenvalue weighted by atomic mass is 19.1. The predicted octanol–water partition coefficient (Wildman–Crippen LogP) is 2.14. The van der Waals surface area contributed by atoms with Crippen LogP contribution in [-0.4, -0.2) is 13.0 Å². The zero-order valence-electron chi connectivity index (χ0n) is 11.1. The Balaban J connectivity index is 2.26. The number of anilines is 2. The van der Waals surface area contributed by atoms with E-state index in [4.69, 9.17) is 11.5 Å². The van der Waals surface area contributed by atoms with Gasteiger partial charge in [0.05, 0.1) is 5.56 Å². The Morgan fingerprint density at radius 2 is 1.95 bits per heavy atom. The number of primary amides is 1. The first-order valence-corrected chi connectivity index (χ1v) is 6.13. The molecule has 104 valence electrons. The van der Waals surface area contributed by atoms with Crippen molar-refractivity contribution in [3.8, 4) is 0 Å². The van der Waals surface area contributed by atoms with E-state index in [0.29, 0.717) is 17.8 Å². The van der Waals surface area contributed by atoms with Crippen LogP contribution in [0.2, 0.25) is 0 Å². The fraction of sp³-hybridized carbons (Fsp3) is 0.133. The fourth-order valence-corrected chi connectivity index (χ4v) is 1.97. The number of carbonyl (C=O) groups excluding carboxylic acids is 1. The van der Waals surface area contributed by atoms with Crippen LogP contribution in [-0.2, 0) is 6.54 Å². The van der Waals surface area contributed by atoms with Gasteiger partial charge in [-0.15, -0.1) is 0 Å². The molecule has 0 bridgehead atoms. The standard InChI is InChI=1S/C15H16FN3O/c1-19(9-10-4-2-3-5-13(10)16)11-6-7-14(17)12(8-11)15(18)20/h2-8H,9,17H2,1H3,(H2,18,20). The zero-order chi connectivity index (χ0) is 14.7. The second-order valence-electron chi connectivity index (χ2n) is 4.58. The number of hydrogen-bond acceptors (Lipinski definition) is 3. The summed E-state index contributed by atoms with van der Waals surface area (Å²) in [7, 11) is 1.81. The third-order valence-electron chi connectivity index (χ3n) is 3.11. The van der Waals surface area contributed by atoms with E-state index in [0.717, 1.165) is 5.69 Å². The molecule has 0 aliphatic heterocycles. The lowest BCUT2D eigenvalue weighted by molar-refractivity contribution is 0.100. The van der Waals surface area contributed by atoms with E-state index in [2.05, 4.69) is 0 Å². The van der Waals surface area contributed by atoms with E-state index < -0.39 is 5.91 Å². The molecule has 2 aromatic carbocycles. The average molecular weight is 273 g/mol. The molecule has 0 saturated carbocycles. The van der Waals surface area contributed by atoms with E-state index in [1.54, 1.807) is 36.4 Å². The number of carbonyl (C=O) groups is 1. The molecule has 0 aromatic heterocycles. The summed E-state index contributed by atoms with van der Waals surface area (Å²) >= 11 is 0. The summed E-state index contributed by atoms with van der Waals surface area (Å²) in [5, 5.41) is 0. The van der Waals surface area contributed by atoms with Crippen LogP contribution in [0.3, 0.4) is 0 Å². The molecular weight excluding hydrogens is 257 g/mol. The van der Waals surface area contributed by atoms with Crippen molar-refractivity contribution in [2.24, 2.45) is 5.73 Å². The Kier molecular flexibility index (Phi) is 3.89. The van der Waals surface area contributed by atoms with E-state index in [-0.39, 0.29) is 11.4 Å². The first kappa shape index (κ1) is 13.9. The summed E-state index contributed by atoms with van der Waals surface area (Å²) in [5.74, 6) is -0.839. The number of nitrogens with two attached hydrogens (primary N) is 2. The molecule has 0 aliphatic rings. The Bertz CT molecular complexity index is 643. The summed E-state index contributed by atoms with van der Waals surface area (Å²) in [4.78, 5) is 13.1. The Labute approximate surface area is 116 Å². The van der Waals surface area contributed by atoms with Gasteiger partial charge in [-0.25, -0.2) is 4.39 Å². The molecule has 1 amide bonds. The second kappa shape index (κ2) is 5.61. The number of halogens is 1. The minimum atomic E-state index is -0.580. The van der Waals surface area contributed by atoms with Gasteiger partial charge in [-0.1, -0.05) is 18.2 Å². The molecule has 4 nitrogen and oxygen atoms in total. The van der Waals surface area contributed by atoms with Crippen LogP contribution in [0.5, 0.6) is 0 Å². The normalized spacial score (nSPS) is 10.3. The lowest BCUT2D eigenvalue weighted by atomic mass is 10.1. The quantitative estimate of drug-likeness (QED) is 0.838. The molecular formula is C15H16FN3O. The summed E-state index contributed by atoms with van der Waals surface area (Å²) in [6.45, 7) is 0.384. The van der Waals surface area contributed by atoms with Gasteiger partial charge in [0.25, 0.3) is 5.91 Å². The number of rotatable bonds is 4. The highest BCUT2D eigenvalue weighted by Crippen LogP contribution is 2.22. The topological polar surface area (TPSA) is 72.3 Å². The maximum atomic E-state index is 13.6. The van der Waals surface area contributed by atoms with Crippen molar-refractivity contribution >= 4 is 17.3 Å². The van der Waals surface area contributed by atoms with Crippen LogP contribution in [0, 0.1) is 5.82 Å². The molecule has 0 aliphatic carbocycles. The molecule has 0 radical (unpaired) electrons. The predicted molar refractivity (Wildman–Crippen MR) is 77.9 cm³/mol. The van der Waals surface area contributed by atoms with Gasteiger partial charge in [0.15, 0.2) is 0 Å². The molecule has 20 heavy (non-hydrogen) atoms. The smallest absolute Gasteiger partial charge is 0.250 e. The van der Waals surface area contributed by atoms with E-state index in [1.165, 1.54) is 6.07 Å². The Hall–Kier alpha value is -2.56. The first-order valence-electron chi connectivity index (χ1n) is 6.13. The van der Waals surface area contributed by atoms with Crippen molar-refractivity contribution in [2.75, 3.05) is 17.7 Å². The minimum absolute atomic E-state index is 0.259. The molecule has 0 unspecified atom stereocenters. The number of hydrogen-bond donors (Lipinski definition) is 2. The zero-order valence-corrected chi connectivity index (χ0v) is 11.1. The molecule has 4 N–H and O–H groups in total. The van der Waals surface area contributed by atoms with Gasteiger partial charge in [0.2, 0.25) is 0 Å². The van der Waals surface area contributed by atoms with E-state index in [1.807, 2.05) is 11.9 Å². The second-order valence-corrected chi connectivity index (χ2v) is 4.58. The van der Waals surface area contributed by atoms with Crippen LogP contribution in [0.15, 0.2) is 42.5 Å². The van der Waals surface area contributed by atoms with Crippen molar-refractivity contribution < 1.29 is 9.18 Å². The molecule has 0 heterocycles. The Morgan fingerprint density at radius 3 is 2.60 bits per heavy atom. The largest absolute Gasteiger partial charge is 0.398 e. The lowest BCUT2D eigenvalue weighted by Gasteiger charge is -2.20. The number of amides is 1. The van der Waals surface area contributed by atoms with E-state index in [9.17, 15) is 9.18 Å². The molecule has 0 atom stereocenters. The van der Waals surface area contributed by atoms with Gasteiger partial charge >= 0.3 is 0 Å². The third kappa shape index (κ3) is 2.88. The summed E-state index contributed by atoms with van der Waals surface area (Å²) in [6, 6.07) is 11.6. The molecule has 0 spiro atoms. The first-order chi connectivity index (χ1) is 9.49. The van der Waals surface area contributed by atoms with Crippen LogP contribution < -0.4 is 16.4 Å². The van der Waals surface area contributed by atoms with Crippen molar-refractivity contribution in [2.45, 2.75) is 6.54 Å². The van der Waals surface area contributed by atoms with Crippen molar-refractivity contribution in [3.63, 3.8) is 0 Å². The van der Waals surface area contributed by atoms with Crippen LogP contribution in [0.25, 0.3) is 0 Å². The number of nitrogen functional groups attached to an aromatic ring is 1. The van der Waals surface area contributed by atoms with Gasteiger partial charge in [0, 0.05) is 30.5 Å². The summed E-state index contributed by atoms with van der Waals surface area (Å²) in [5.41, 5.74) is 12.9. The SMILES string of the molecule is CN(Cc1ccccc1F)c1ccc(N)c(C(N)=O)c1. The third-order valence-corrected chi connectivity index (χ3v) is 3.11. The lowest BCUT2D eigenvalue weighted by Crippen LogP contribution is -2.19. The van der Waals surface area contributed by atoms with Crippen molar-refractivity contribution in [1.29, 1.82) is 0 Å². The van der Waals surface area contributed by atoms with Crippen molar-refractivity contribution in [3.05, 3.63) is 59.4 Å². The summed E-state index contributed by atoms with van der Waals surface area (Å²) < 4.78 is 13.6. The number of benzene rings is 2. The average Bonchev–Trinajstić information content (AvgIpc) is 2.41. The van der Waals surface area contributed by atoms with E-state index >= 15 is 0 Å². The monoisotopic (exact) mass is 273 g/mol. The highest BCUT2D eigenvalue weighted by molar-refractivity contribution is 5.99. The molecule has 0 fully saturated rings. The van der Waals surface area contributed by atoms with Gasteiger partial charge in [-0.05, 0) is 24.3 Å². The molecule has 5 heteroatoms. The Morgan fingerprint density at radius 1 is 1.25 bits per heavy atom. The van der Waals surface area contributed by atoms with Gasteiger partial charge in [0.1, 0.15) is 5.82 Å². The van der Waals surface area contributed by atoms with Crippen LogP contribution >= 0.6 is 0 Å². The van der Waals surface area contributed by atoms with Crippen LogP contribution in [0.4, 0.5) is 15.8 Å². The molecule has 0 saturated heterocycles. The van der Waals surface area contributed by atoms with Crippen molar-refractivity contribution in [1.82, 2.24) is 0 Å². The van der Waals surface area contributed by atoms with Crippen LogP contribution in [0.1, 0.15) is 15.9 Å². The minimum Gasteiger partial charge on any atom is -0.398 e. The summed E-state index contributed by atoms with van der Waals surface area (Å²) in [6.07, 6.45) is 0. The van der Waals surface area contributed by atoms with Gasteiger partial charge in [-0.2, -0.15) is 0 Å². The highest BCUT2D eigenvalue weighted by Gasteiger charge is 2.10. The fourth-order valence-electron chi connectivity index (χ4n) is 1.97. The maximum absolute atomic E-state index is 13.6. The molecule has 2 aromatic rings. The van der Waals surface area contributed by atoms with Gasteiger partial charge in [-0.3, -0.25) is 4.79 Å².